The summed E-state index contributed by atoms with van der Waals surface area (Å²) in [5.74, 6) is -0.277. The van der Waals surface area contributed by atoms with Gasteiger partial charge in [0.2, 0.25) is 10.0 Å². The molecule has 0 aliphatic heterocycles. The van der Waals surface area contributed by atoms with Gasteiger partial charge >= 0.3 is 6.61 Å². The lowest BCUT2D eigenvalue weighted by atomic mass is 10.3. The molecule has 0 radical (unpaired) electrons. The Morgan fingerprint density at radius 3 is 2.56 bits per heavy atom. The van der Waals surface area contributed by atoms with Crippen molar-refractivity contribution in [2.45, 2.75) is 18.8 Å². The minimum Gasteiger partial charge on any atom is -0.433 e. The Labute approximate surface area is 103 Å². The van der Waals surface area contributed by atoms with Crippen LogP contribution in [-0.4, -0.2) is 32.0 Å². The van der Waals surface area contributed by atoms with E-state index in [1.807, 2.05) is 0 Å². The van der Waals surface area contributed by atoms with Crippen molar-refractivity contribution < 1.29 is 27.0 Å². The number of hydrogen-bond acceptors (Lipinski definition) is 4. The van der Waals surface area contributed by atoms with Gasteiger partial charge in [-0.15, -0.1) is 0 Å². The molecule has 5 nitrogen and oxygen atoms in total. The number of aliphatic hydroxyl groups excluding tert-OH is 1. The van der Waals surface area contributed by atoms with E-state index < -0.39 is 28.5 Å². The number of hydrogen-bond donors (Lipinski definition) is 2. The first-order valence-corrected chi connectivity index (χ1v) is 6.57. The van der Waals surface area contributed by atoms with Crippen LogP contribution in [0.2, 0.25) is 0 Å². The number of aliphatic hydroxyl groups is 1. The molecule has 0 heterocycles. The third-order valence-electron chi connectivity index (χ3n) is 2.14. The van der Waals surface area contributed by atoms with Crippen molar-refractivity contribution in [3.05, 3.63) is 24.3 Å². The van der Waals surface area contributed by atoms with E-state index in [9.17, 15) is 17.2 Å². The van der Waals surface area contributed by atoms with Crippen molar-refractivity contribution >= 4 is 15.7 Å². The molecule has 1 aromatic rings. The third-order valence-corrected chi connectivity index (χ3v) is 3.86. The largest absolute Gasteiger partial charge is 0.433 e. The van der Waals surface area contributed by atoms with Gasteiger partial charge in [-0.3, -0.25) is 4.72 Å². The topological polar surface area (TPSA) is 75.6 Å². The third kappa shape index (κ3) is 3.81. The van der Waals surface area contributed by atoms with Gasteiger partial charge in [0.05, 0.1) is 12.3 Å². The van der Waals surface area contributed by atoms with Gasteiger partial charge in [0.15, 0.2) is 0 Å². The molecule has 0 amide bonds. The minimum atomic E-state index is -3.85. The molecular weight excluding hydrogens is 268 g/mol. The SMILES string of the molecule is CC(CO)S(=O)(=O)Nc1ccccc1OC(F)F. The van der Waals surface area contributed by atoms with Crippen LogP contribution in [0.1, 0.15) is 6.92 Å². The Balaban J connectivity index is 2.97. The summed E-state index contributed by atoms with van der Waals surface area (Å²) in [4.78, 5) is 0. The Kier molecular flexibility index (Phi) is 4.85. The van der Waals surface area contributed by atoms with Gasteiger partial charge in [-0.2, -0.15) is 8.78 Å². The molecule has 102 valence electrons. The molecule has 0 aliphatic rings. The second-order valence-corrected chi connectivity index (χ2v) is 5.61. The number of nitrogens with one attached hydrogen (secondary N) is 1. The first kappa shape index (κ1) is 14.7. The summed E-state index contributed by atoms with van der Waals surface area (Å²) in [5, 5.41) is 7.73. The van der Waals surface area contributed by atoms with Crippen LogP contribution in [0.25, 0.3) is 0 Å². The van der Waals surface area contributed by atoms with Gasteiger partial charge in [-0.1, -0.05) is 12.1 Å². The number of para-hydroxylation sites is 2. The molecule has 0 saturated heterocycles. The number of benzene rings is 1. The summed E-state index contributed by atoms with van der Waals surface area (Å²) < 4.78 is 53.8. The Morgan fingerprint density at radius 2 is 2.00 bits per heavy atom. The predicted octanol–water partition coefficient (Wildman–Crippen LogP) is 1.41. The Hall–Kier alpha value is -1.41. The molecule has 1 aromatic carbocycles. The van der Waals surface area contributed by atoms with Crippen LogP contribution in [0.5, 0.6) is 5.75 Å². The predicted molar refractivity (Wildman–Crippen MR) is 62.2 cm³/mol. The van der Waals surface area contributed by atoms with Crippen molar-refractivity contribution in [1.29, 1.82) is 0 Å². The van der Waals surface area contributed by atoms with E-state index in [0.717, 1.165) is 0 Å². The second-order valence-electron chi connectivity index (χ2n) is 3.51. The van der Waals surface area contributed by atoms with Gasteiger partial charge in [0, 0.05) is 0 Å². The zero-order valence-corrected chi connectivity index (χ0v) is 10.3. The zero-order valence-electron chi connectivity index (χ0n) is 9.51. The molecule has 0 aliphatic carbocycles. The molecule has 1 atom stereocenters. The summed E-state index contributed by atoms with van der Waals surface area (Å²) in [6, 6.07) is 5.41. The molecule has 1 unspecified atom stereocenters. The highest BCUT2D eigenvalue weighted by Gasteiger charge is 2.21. The summed E-state index contributed by atoms with van der Waals surface area (Å²) in [6.45, 7) is -2.34. The average Bonchev–Trinajstić information content (AvgIpc) is 2.29. The highest BCUT2D eigenvalue weighted by Crippen LogP contribution is 2.27. The number of alkyl halides is 2. The highest BCUT2D eigenvalue weighted by molar-refractivity contribution is 7.93. The monoisotopic (exact) mass is 281 g/mol. The molecule has 18 heavy (non-hydrogen) atoms. The van der Waals surface area contributed by atoms with Crippen LogP contribution >= 0.6 is 0 Å². The van der Waals surface area contributed by atoms with Crippen LogP contribution in [0.15, 0.2) is 24.3 Å². The van der Waals surface area contributed by atoms with Crippen molar-refractivity contribution in [2.75, 3.05) is 11.3 Å². The molecule has 2 N–H and O–H groups in total. The van der Waals surface area contributed by atoms with Crippen molar-refractivity contribution in [2.24, 2.45) is 0 Å². The highest BCUT2D eigenvalue weighted by atomic mass is 32.2. The summed E-state index contributed by atoms with van der Waals surface area (Å²) in [7, 11) is -3.85. The number of rotatable bonds is 6. The number of sulfonamides is 1. The molecule has 8 heteroatoms. The molecule has 0 saturated carbocycles. The number of halogens is 2. The molecule has 0 bridgehead atoms. The Bertz CT molecular complexity index is 492. The Morgan fingerprint density at radius 1 is 1.39 bits per heavy atom. The van der Waals surface area contributed by atoms with Crippen LogP contribution in [0, 0.1) is 0 Å². The fraction of sp³-hybridized carbons (Fsp3) is 0.400. The maximum Gasteiger partial charge on any atom is 0.387 e. The van der Waals surface area contributed by atoms with Crippen molar-refractivity contribution in [3.8, 4) is 5.75 Å². The smallest absolute Gasteiger partial charge is 0.387 e. The first-order valence-electron chi connectivity index (χ1n) is 5.03. The quantitative estimate of drug-likeness (QED) is 0.826. The van der Waals surface area contributed by atoms with E-state index in [-0.39, 0.29) is 11.4 Å². The fourth-order valence-electron chi connectivity index (χ4n) is 1.10. The first-order chi connectivity index (χ1) is 8.36. The molecule has 0 spiro atoms. The minimum absolute atomic E-state index is 0.0990. The van der Waals surface area contributed by atoms with E-state index in [1.54, 1.807) is 0 Å². The van der Waals surface area contributed by atoms with Crippen LogP contribution in [-0.2, 0) is 10.0 Å². The van der Waals surface area contributed by atoms with E-state index >= 15 is 0 Å². The van der Waals surface area contributed by atoms with Crippen molar-refractivity contribution in [1.82, 2.24) is 0 Å². The lowest BCUT2D eigenvalue weighted by molar-refractivity contribution is -0.0493. The molecule has 1 rings (SSSR count). The second kappa shape index (κ2) is 5.96. The molecular formula is C10H13F2NO4S. The maximum absolute atomic E-state index is 12.1. The van der Waals surface area contributed by atoms with Crippen LogP contribution in [0.4, 0.5) is 14.5 Å². The lowest BCUT2D eigenvalue weighted by Gasteiger charge is -2.15. The number of anilines is 1. The summed E-state index contributed by atoms with van der Waals surface area (Å²) in [6.07, 6.45) is 0. The summed E-state index contributed by atoms with van der Waals surface area (Å²) >= 11 is 0. The normalized spacial score (nSPS) is 13.4. The van der Waals surface area contributed by atoms with Gasteiger partial charge in [-0.25, -0.2) is 8.42 Å². The van der Waals surface area contributed by atoms with Gasteiger partial charge < -0.3 is 9.84 Å². The van der Waals surface area contributed by atoms with E-state index in [4.69, 9.17) is 5.11 Å². The zero-order chi connectivity index (χ0) is 13.8. The van der Waals surface area contributed by atoms with Crippen molar-refractivity contribution in [3.63, 3.8) is 0 Å². The maximum atomic E-state index is 12.1. The van der Waals surface area contributed by atoms with Gasteiger partial charge in [0.25, 0.3) is 0 Å². The average molecular weight is 281 g/mol. The molecule has 0 fully saturated rings. The van der Waals surface area contributed by atoms with E-state index in [2.05, 4.69) is 9.46 Å². The fourth-order valence-corrected chi connectivity index (χ4v) is 1.97. The van der Waals surface area contributed by atoms with Crippen LogP contribution in [0.3, 0.4) is 0 Å². The van der Waals surface area contributed by atoms with Gasteiger partial charge in [0.1, 0.15) is 11.0 Å². The molecule has 0 aromatic heterocycles. The summed E-state index contributed by atoms with van der Waals surface area (Å²) in [5.41, 5.74) is -0.0990. The standard InChI is InChI=1S/C10H13F2NO4S/c1-7(6-14)18(15,16)13-8-4-2-3-5-9(8)17-10(11)12/h2-5,7,10,13-14H,6H2,1H3. The van der Waals surface area contributed by atoms with Crippen LogP contribution < -0.4 is 9.46 Å². The lowest BCUT2D eigenvalue weighted by Crippen LogP contribution is -2.28. The van der Waals surface area contributed by atoms with E-state index in [0.29, 0.717) is 0 Å². The van der Waals surface area contributed by atoms with E-state index in [1.165, 1.54) is 31.2 Å². The number of ether oxygens (including phenoxy) is 1. The van der Waals surface area contributed by atoms with Gasteiger partial charge in [-0.05, 0) is 19.1 Å².